The van der Waals surface area contributed by atoms with Gasteiger partial charge in [0.05, 0.1) is 12.8 Å². The zero-order chi connectivity index (χ0) is 22.3. The van der Waals surface area contributed by atoms with Crippen LogP contribution in [-0.2, 0) is 24.3 Å². The summed E-state index contributed by atoms with van der Waals surface area (Å²) < 4.78 is 49.7. The smallest absolute Gasteiger partial charge is 0.331 e. The molecule has 2 aromatic carbocycles. The molecule has 30 heavy (non-hydrogen) atoms. The van der Waals surface area contributed by atoms with E-state index in [0.717, 1.165) is 12.1 Å². The lowest BCUT2D eigenvalue weighted by atomic mass is 10.2. The molecule has 8 nitrogen and oxygen atoms in total. The van der Waals surface area contributed by atoms with Crippen LogP contribution in [-0.4, -0.2) is 41.1 Å². The molecule has 0 saturated heterocycles. The van der Waals surface area contributed by atoms with Crippen molar-refractivity contribution in [1.82, 2.24) is 4.72 Å². The zero-order valence-corrected chi connectivity index (χ0v) is 17.5. The number of rotatable bonds is 8. The predicted molar refractivity (Wildman–Crippen MR) is 109 cm³/mol. The molecule has 0 radical (unpaired) electrons. The van der Waals surface area contributed by atoms with E-state index >= 15 is 0 Å². The quantitative estimate of drug-likeness (QED) is 0.466. The number of carbonyl (C=O) groups excluding carboxylic acids is 2. The van der Waals surface area contributed by atoms with Crippen molar-refractivity contribution in [2.45, 2.75) is 4.90 Å². The van der Waals surface area contributed by atoms with Gasteiger partial charge in [0.1, 0.15) is 16.5 Å². The van der Waals surface area contributed by atoms with Crippen molar-refractivity contribution in [3.8, 4) is 5.75 Å². The first-order chi connectivity index (χ1) is 14.2. The van der Waals surface area contributed by atoms with Crippen LogP contribution in [0.5, 0.6) is 5.75 Å². The molecular formula is C19H18ClFN2O6S. The van der Waals surface area contributed by atoms with Gasteiger partial charge >= 0.3 is 5.97 Å². The maximum absolute atomic E-state index is 13.6. The van der Waals surface area contributed by atoms with Gasteiger partial charge in [0, 0.05) is 11.1 Å². The Morgan fingerprint density at radius 2 is 1.93 bits per heavy atom. The molecule has 2 aromatic rings. The standard InChI is InChI=1S/C19H18ClFN2O6S/c1-22-30(26,27)17-9-12(3-7-16(17)28-2)4-8-19(25)29-11-18(24)23-15-10-13(20)5-6-14(15)21/h3-10,22H,11H2,1-2H3,(H,23,24)/b8-4+. The van der Waals surface area contributed by atoms with E-state index in [1.54, 1.807) is 0 Å². The van der Waals surface area contributed by atoms with Crippen molar-refractivity contribution >= 4 is 45.3 Å². The molecule has 0 aliphatic rings. The molecule has 2 N–H and O–H groups in total. The summed E-state index contributed by atoms with van der Waals surface area (Å²) in [4.78, 5) is 23.5. The fourth-order valence-corrected chi connectivity index (χ4v) is 3.35. The molecule has 0 unspecified atom stereocenters. The van der Waals surface area contributed by atoms with E-state index < -0.39 is 34.3 Å². The minimum atomic E-state index is -3.78. The maximum atomic E-state index is 13.6. The van der Waals surface area contributed by atoms with Crippen molar-refractivity contribution in [1.29, 1.82) is 0 Å². The number of hydrogen-bond donors (Lipinski definition) is 2. The summed E-state index contributed by atoms with van der Waals surface area (Å²) in [5.74, 6) is -2.17. The first-order valence-electron chi connectivity index (χ1n) is 8.37. The number of hydrogen-bond acceptors (Lipinski definition) is 6. The number of carbonyl (C=O) groups is 2. The topological polar surface area (TPSA) is 111 Å². The van der Waals surface area contributed by atoms with Gasteiger partial charge in [-0.15, -0.1) is 0 Å². The third-order valence-corrected chi connectivity index (χ3v) is 5.38. The average Bonchev–Trinajstić information content (AvgIpc) is 2.73. The van der Waals surface area contributed by atoms with E-state index in [1.807, 2.05) is 0 Å². The first kappa shape index (κ1) is 23.3. The Balaban J connectivity index is 2.00. The number of halogens is 2. The van der Waals surface area contributed by atoms with Crippen LogP contribution in [0.3, 0.4) is 0 Å². The number of amides is 1. The van der Waals surface area contributed by atoms with Crippen LogP contribution in [0.2, 0.25) is 5.02 Å². The van der Waals surface area contributed by atoms with Crippen LogP contribution in [0.1, 0.15) is 5.56 Å². The number of esters is 1. The van der Waals surface area contributed by atoms with Crippen LogP contribution in [0.25, 0.3) is 6.08 Å². The van der Waals surface area contributed by atoms with E-state index in [2.05, 4.69) is 10.0 Å². The molecule has 0 aliphatic carbocycles. The minimum absolute atomic E-state index is 0.106. The van der Waals surface area contributed by atoms with Crippen molar-refractivity contribution in [3.63, 3.8) is 0 Å². The molecule has 0 aromatic heterocycles. The molecule has 1 amide bonds. The number of methoxy groups -OCH3 is 1. The molecule has 0 bridgehead atoms. The first-order valence-corrected chi connectivity index (χ1v) is 10.2. The highest BCUT2D eigenvalue weighted by Gasteiger charge is 2.17. The summed E-state index contributed by atoms with van der Waals surface area (Å²) in [5.41, 5.74) is 0.239. The minimum Gasteiger partial charge on any atom is -0.495 e. The second kappa shape index (κ2) is 10.2. The van der Waals surface area contributed by atoms with Gasteiger partial charge in [-0.05, 0) is 49.0 Å². The largest absolute Gasteiger partial charge is 0.495 e. The number of benzene rings is 2. The molecule has 0 saturated carbocycles. The van der Waals surface area contributed by atoms with Crippen molar-refractivity contribution < 1.29 is 31.9 Å². The van der Waals surface area contributed by atoms with E-state index in [1.165, 1.54) is 50.6 Å². The van der Waals surface area contributed by atoms with Crippen LogP contribution < -0.4 is 14.8 Å². The monoisotopic (exact) mass is 456 g/mol. The Kier molecular flexibility index (Phi) is 7.93. The lowest BCUT2D eigenvalue weighted by molar-refractivity contribution is -0.142. The number of sulfonamides is 1. The summed E-state index contributed by atoms with van der Waals surface area (Å²) in [7, 11) is -1.19. The summed E-state index contributed by atoms with van der Waals surface area (Å²) in [6.45, 7) is -0.656. The van der Waals surface area contributed by atoms with Gasteiger partial charge in [0.25, 0.3) is 5.91 Å². The van der Waals surface area contributed by atoms with E-state index in [9.17, 15) is 22.4 Å². The van der Waals surface area contributed by atoms with Gasteiger partial charge in [-0.25, -0.2) is 22.3 Å². The fraction of sp³-hybridized carbons (Fsp3) is 0.158. The summed E-state index contributed by atoms with van der Waals surface area (Å²) >= 11 is 5.73. The maximum Gasteiger partial charge on any atom is 0.331 e. The summed E-state index contributed by atoms with van der Waals surface area (Å²) in [6, 6.07) is 7.90. The van der Waals surface area contributed by atoms with E-state index in [4.69, 9.17) is 21.1 Å². The van der Waals surface area contributed by atoms with Crippen molar-refractivity contribution in [3.05, 3.63) is 58.9 Å². The number of nitrogens with one attached hydrogen (secondary N) is 2. The van der Waals surface area contributed by atoms with E-state index in [-0.39, 0.29) is 21.4 Å². The third kappa shape index (κ3) is 6.28. The fourth-order valence-electron chi connectivity index (χ4n) is 2.25. The van der Waals surface area contributed by atoms with Gasteiger partial charge in [-0.3, -0.25) is 4.79 Å². The highest BCUT2D eigenvalue weighted by Crippen LogP contribution is 2.25. The highest BCUT2D eigenvalue weighted by atomic mass is 35.5. The molecule has 0 atom stereocenters. The number of ether oxygens (including phenoxy) is 2. The van der Waals surface area contributed by atoms with Crippen LogP contribution in [0.4, 0.5) is 10.1 Å². The summed E-state index contributed by atoms with van der Waals surface area (Å²) in [6.07, 6.45) is 2.33. The van der Waals surface area contributed by atoms with Crippen LogP contribution in [0.15, 0.2) is 47.4 Å². The summed E-state index contributed by atoms with van der Waals surface area (Å²) in [5, 5.41) is 2.46. The van der Waals surface area contributed by atoms with Crippen molar-refractivity contribution in [2.75, 3.05) is 26.1 Å². The number of anilines is 1. The Labute approximate surface area is 177 Å². The van der Waals surface area contributed by atoms with Gasteiger partial charge < -0.3 is 14.8 Å². The molecule has 160 valence electrons. The molecule has 11 heteroatoms. The molecule has 0 spiro atoms. The van der Waals surface area contributed by atoms with Crippen LogP contribution >= 0.6 is 11.6 Å². The average molecular weight is 457 g/mol. The molecular weight excluding hydrogens is 439 g/mol. The van der Waals surface area contributed by atoms with Gasteiger partial charge in [-0.1, -0.05) is 17.7 Å². The predicted octanol–water partition coefficient (Wildman–Crippen LogP) is 2.59. The highest BCUT2D eigenvalue weighted by molar-refractivity contribution is 7.89. The van der Waals surface area contributed by atoms with Gasteiger partial charge in [0.15, 0.2) is 6.61 Å². The molecule has 2 rings (SSSR count). The Morgan fingerprint density at radius 3 is 2.60 bits per heavy atom. The Morgan fingerprint density at radius 1 is 1.20 bits per heavy atom. The molecule has 0 aliphatic heterocycles. The lowest BCUT2D eigenvalue weighted by Crippen LogP contribution is -2.20. The van der Waals surface area contributed by atoms with Gasteiger partial charge in [0.2, 0.25) is 10.0 Å². The normalized spacial score (nSPS) is 11.3. The lowest BCUT2D eigenvalue weighted by Gasteiger charge is -2.09. The van der Waals surface area contributed by atoms with Crippen molar-refractivity contribution in [2.24, 2.45) is 0 Å². The second-order valence-corrected chi connectivity index (χ2v) is 8.02. The zero-order valence-electron chi connectivity index (χ0n) is 15.9. The Bertz CT molecular complexity index is 1090. The van der Waals surface area contributed by atoms with E-state index in [0.29, 0.717) is 5.56 Å². The third-order valence-electron chi connectivity index (χ3n) is 3.71. The molecule has 0 fully saturated rings. The SMILES string of the molecule is CNS(=O)(=O)c1cc(/C=C/C(=O)OCC(=O)Nc2cc(Cl)ccc2F)ccc1OC. The Hall–Kier alpha value is -2.95. The molecule has 0 heterocycles. The van der Waals surface area contributed by atoms with Crippen LogP contribution in [0, 0.1) is 5.82 Å². The van der Waals surface area contributed by atoms with Gasteiger partial charge in [-0.2, -0.15) is 0 Å². The second-order valence-electron chi connectivity index (χ2n) is 5.73.